The molecule has 0 amide bonds. The SMILES string of the molecule is O=C1CC(=O)OC2(CCSCO2)C1. The molecule has 0 bridgehead atoms. The van der Waals surface area contributed by atoms with Gasteiger partial charge in [-0.05, 0) is 0 Å². The van der Waals surface area contributed by atoms with Crippen molar-refractivity contribution in [2.75, 3.05) is 11.7 Å². The Labute approximate surface area is 80.0 Å². The van der Waals surface area contributed by atoms with Gasteiger partial charge in [0.25, 0.3) is 0 Å². The molecule has 0 aromatic carbocycles. The molecule has 2 fully saturated rings. The van der Waals surface area contributed by atoms with Crippen molar-refractivity contribution in [3.63, 3.8) is 0 Å². The zero-order valence-corrected chi connectivity index (χ0v) is 7.89. The molecule has 0 aliphatic carbocycles. The molecule has 13 heavy (non-hydrogen) atoms. The van der Waals surface area contributed by atoms with E-state index < -0.39 is 11.8 Å². The summed E-state index contributed by atoms with van der Waals surface area (Å²) in [4.78, 5) is 22.2. The summed E-state index contributed by atoms with van der Waals surface area (Å²) in [6, 6.07) is 0. The molecule has 2 saturated heterocycles. The van der Waals surface area contributed by atoms with Crippen LogP contribution < -0.4 is 0 Å². The van der Waals surface area contributed by atoms with Crippen LogP contribution in [0, 0.1) is 0 Å². The topological polar surface area (TPSA) is 52.6 Å². The minimum Gasteiger partial charge on any atom is -0.432 e. The summed E-state index contributed by atoms with van der Waals surface area (Å²) in [7, 11) is 0. The smallest absolute Gasteiger partial charge is 0.315 e. The van der Waals surface area contributed by atoms with Crippen LogP contribution in [0.25, 0.3) is 0 Å². The normalized spacial score (nSPS) is 34.8. The Morgan fingerprint density at radius 2 is 2.23 bits per heavy atom. The van der Waals surface area contributed by atoms with Gasteiger partial charge in [0, 0.05) is 12.2 Å². The molecule has 2 aliphatic heterocycles. The number of hydrogen-bond acceptors (Lipinski definition) is 5. The van der Waals surface area contributed by atoms with Crippen molar-refractivity contribution in [1.82, 2.24) is 0 Å². The van der Waals surface area contributed by atoms with Crippen LogP contribution in [0.5, 0.6) is 0 Å². The van der Waals surface area contributed by atoms with Crippen molar-refractivity contribution in [2.45, 2.75) is 25.0 Å². The fraction of sp³-hybridized carbons (Fsp3) is 0.750. The number of hydrogen-bond donors (Lipinski definition) is 0. The number of esters is 1. The highest BCUT2D eigenvalue weighted by Gasteiger charge is 2.43. The largest absolute Gasteiger partial charge is 0.432 e. The van der Waals surface area contributed by atoms with Gasteiger partial charge in [0.15, 0.2) is 5.78 Å². The summed E-state index contributed by atoms with van der Waals surface area (Å²) < 4.78 is 10.4. The Morgan fingerprint density at radius 3 is 2.85 bits per heavy atom. The van der Waals surface area contributed by atoms with Crippen LogP contribution in [0.1, 0.15) is 19.3 Å². The second-order valence-corrected chi connectivity index (χ2v) is 4.25. The molecule has 0 aromatic rings. The molecular formula is C8H10O4S. The van der Waals surface area contributed by atoms with E-state index in [1.54, 1.807) is 11.8 Å². The molecule has 2 rings (SSSR count). The fourth-order valence-corrected chi connectivity index (χ4v) is 2.40. The quantitative estimate of drug-likeness (QED) is 0.427. The van der Waals surface area contributed by atoms with Crippen molar-refractivity contribution in [3.8, 4) is 0 Å². The van der Waals surface area contributed by atoms with Gasteiger partial charge in [-0.3, -0.25) is 9.59 Å². The van der Waals surface area contributed by atoms with E-state index >= 15 is 0 Å². The van der Waals surface area contributed by atoms with Crippen molar-refractivity contribution in [2.24, 2.45) is 0 Å². The molecule has 2 aliphatic rings. The summed E-state index contributed by atoms with van der Waals surface area (Å²) in [5.41, 5.74) is 0. The molecule has 1 atom stereocenters. The van der Waals surface area contributed by atoms with Crippen molar-refractivity contribution in [3.05, 3.63) is 0 Å². The molecule has 2 heterocycles. The van der Waals surface area contributed by atoms with Crippen LogP contribution in [0.2, 0.25) is 0 Å². The van der Waals surface area contributed by atoms with E-state index in [2.05, 4.69) is 0 Å². The molecule has 1 spiro atoms. The molecular weight excluding hydrogens is 192 g/mol. The highest BCUT2D eigenvalue weighted by atomic mass is 32.2. The third-order valence-electron chi connectivity index (χ3n) is 2.14. The first-order chi connectivity index (χ1) is 6.20. The summed E-state index contributed by atoms with van der Waals surface area (Å²) in [6.45, 7) is 0. The number of carbonyl (C=O) groups is 2. The highest BCUT2D eigenvalue weighted by Crippen LogP contribution is 2.34. The first-order valence-corrected chi connectivity index (χ1v) is 5.31. The second-order valence-electron chi connectivity index (χ2n) is 3.20. The van der Waals surface area contributed by atoms with E-state index in [0.717, 1.165) is 5.75 Å². The van der Waals surface area contributed by atoms with E-state index in [9.17, 15) is 9.59 Å². The molecule has 0 saturated carbocycles. The number of rotatable bonds is 0. The van der Waals surface area contributed by atoms with Crippen LogP contribution >= 0.6 is 11.8 Å². The van der Waals surface area contributed by atoms with Crippen molar-refractivity contribution >= 4 is 23.5 Å². The van der Waals surface area contributed by atoms with E-state index in [4.69, 9.17) is 9.47 Å². The number of ether oxygens (including phenoxy) is 2. The Hall–Kier alpha value is -0.550. The van der Waals surface area contributed by atoms with Gasteiger partial charge in [-0.2, -0.15) is 0 Å². The Kier molecular flexibility index (Phi) is 2.29. The molecule has 1 unspecified atom stereocenters. The van der Waals surface area contributed by atoms with Gasteiger partial charge < -0.3 is 9.47 Å². The molecule has 0 N–H and O–H groups in total. The fourth-order valence-electron chi connectivity index (χ4n) is 1.53. The number of thioether (sulfide) groups is 1. The first-order valence-electron chi connectivity index (χ1n) is 4.15. The lowest BCUT2D eigenvalue weighted by molar-refractivity contribution is -0.236. The summed E-state index contributed by atoms with van der Waals surface area (Å²) in [6.07, 6.45) is 0.743. The van der Waals surface area contributed by atoms with Crippen LogP contribution in [-0.2, 0) is 19.1 Å². The minimum absolute atomic E-state index is 0.0804. The van der Waals surface area contributed by atoms with E-state index in [0.29, 0.717) is 12.4 Å². The van der Waals surface area contributed by atoms with Gasteiger partial charge in [0.1, 0.15) is 6.42 Å². The molecule has 5 heteroatoms. The van der Waals surface area contributed by atoms with E-state index in [1.165, 1.54) is 0 Å². The lowest BCUT2D eigenvalue weighted by atomic mass is 10.0. The van der Waals surface area contributed by atoms with Crippen molar-refractivity contribution in [1.29, 1.82) is 0 Å². The zero-order chi connectivity index (χ0) is 9.31. The van der Waals surface area contributed by atoms with Crippen LogP contribution in [0.3, 0.4) is 0 Å². The van der Waals surface area contributed by atoms with Gasteiger partial charge in [0.05, 0.1) is 12.4 Å². The predicted octanol–water partition coefficient (Wildman–Crippen LogP) is 0.700. The van der Waals surface area contributed by atoms with Gasteiger partial charge >= 0.3 is 5.97 Å². The number of carbonyl (C=O) groups excluding carboxylic acids is 2. The van der Waals surface area contributed by atoms with Crippen LogP contribution in [0.15, 0.2) is 0 Å². The van der Waals surface area contributed by atoms with Gasteiger partial charge in [-0.1, -0.05) is 0 Å². The molecule has 0 radical (unpaired) electrons. The van der Waals surface area contributed by atoms with Gasteiger partial charge in [-0.15, -0.1) is 11.8 Å². The summed E-state index contributed by atoms with van der Waals surface area (Å²) in [5.74, 6) is -0.0787. The van der Waals surface area contributed by atoms with Crippen LogP contribution in [0.4, 0.5) is 0 Å². The van der Waals surface area contributed by atoms with E-state index in [-0.39, 0.29) is 18.6 Å². The van der Waals surface area contributed by atoms with Gasteiger partial charge in [-0.25, -0.2) is 0 Å². The standard InChI is InChI=1S/C8H10O4S/c9-6-3-7(10)12-8(4-6)1-2-13-5-11-8/h1-5H2. The number of Topliss-reactive ketones (excluding diaryl/α,β-unsaturated/α-hetero) is 1. The lowest BCUT2D eigenvalue weighted by Crippen LogP contribution is -2.46. The second kappa shape index (κ2) is 3.31. The lowest BCUT2D eigenvalue weighted by Gasteiger charge is -2.37. The average molecular weight is 202 g/mol. The van der Waals surface area contributed by atoms with Gasteiger partial charge in [0.2, 0.25) is 5.79 Å². The Balaban J connectivity index is 2.11. The minimum atomic E-state index is -0.919. The Morgan fingerprint density at radius 1 is 1.38 bits per heavy atom. The maximum absolute atomic E-state index is 11.2. The first kappa shape index (κ1) is 9.02. The third kappa shape index (κ3) is 1.86. The highest BCUT2D eigenvalue weighted by molar-refractivity contribution is 7.99. The molecule has 4 nitrogen and oxygen atoms in total. The zero-order valence-electron chi connectivity index (χ0n) is 7.08. The molecule has 72 valence electrons. The maximum atomic E-state index is 11.2. The Bertz CT molecular complexity index is 227. The average Bonchev–Trinajstić information content (AvgIpc) is 2.02. The third-order valence-corrected chi connectivity index (χ3v) is 2.92. The number of ketones is 1. The maximum Gasteiger partial charge on any atom is 0.315 e. The predicted molar refractivity (Wildman–Crippen MR) is 46.1 cm³/mol. The van der Waals surface area contributed by atoms with Crippen LogP contribution in [-0.4, -0.2) is 29.2 Å². The summed E-state index contributed by atoms with van der Waals surface area (Å²) >= 11 is 1.64. The van der Waals surface area contributed by atoms with Crippen molar-refractivity contribution < 1.29 is 19.1 Å². The molecule has 0 aromatic heterocycles. The monoisotopic (exact) mass is 202 g/mol. The summed E-state index contributed by atoms with van der Waals surface area (Å²) in [5, 5.41) is 0. The van der Waals surface area contributed by atoms with E-state index in [1.807, 2.05) is 0 Å².